The quantitative estimate of drug-likeness (QED) is 0.843. The molecule has 0 spiro atoms. The second kappa shape index (κ2) is 5.46. The fourth-order valence-corrected chi connectivity index (χ4v) is 1.17. The number of aliphatic carboxylic acids is 1. The molecule has 0 aliphatic rings. The predicted octanol–water partition coefficient (Wildman–Crippen LogP) is 2.20. The van der Waals surface area contributed by atoms with Crippen LogP contribution in [-0.4, -0.2) is 24.3 Å². The molecule has 0 aromatic heterocycles. The summed E-state index contributed by atoms with van der Waals surface area (Å²) in [6.45, 7) is 1.89. The van der Waals surface area contributed by atoms with Crippen LogP contribution in [0.2, 0.25) is 5.02 Å². The molecular weight excluding hydrogens is 220 g/mol. The van der Waals surface area contributed by atoms with E-state index in [0.717, 1.165) is 0 Å². The number of halogens is 1. The van der Waals surface area contributed by atoms with Crippen LogP contribution in [0.15, 0.2) is 18.2 Å². The Hall–Kier alpha value is -1.42. The van der Waals surface area contributed by atoms with Crippen molar-refractivity contribution < 1.29 is 19.4 Å². The highest BCUT2D eigenvalue weighted by Gasteiger charge is 2.07. The summed E-state index contributed by atoms with van der Waals surface area (Å²) in [5, 5.41) is 8.94. The molecule has 0 heterocycles. The molecule has 82 valence electrons. The third-order valence-corrected chi connectivity index (χ3v) is 1.79. The van der Waals surface area contributed by atoms with Crippen LogP contribution in [0.25, 0.3) is 0 Å². The first-order chi connectivity index (χ1) is 7.13. The number of ether oxygens (including phenoxy) is 2. The van der Waals surface area contributed by atoms with Crippen LogP contribution in [0.3, 0.4) is 0 Å². The van der Waals surface area contributed by atoms with E-state index in [4.69, 9.17) is 26.2 Å². The smallest absolute Gasteiger partial charge is 0.341 e. The lowest BCUT2D eigenvalue weighted by atomic mass is 10.3. The number of carboxylic acid groups (broad SMARTS) is 1. The van der Waals surface area contributed by atoms with Gasteiger partial charge in [-0.15, -0.1) is 0 Å². The molecule has 1 N–H and O–H groups in total. The van der Waals surface area contributed by atoms with Crippen molar-refractivity contribution in [2.45, 2.75) is 6.92 Å². The zero-order valence-corrected chi connectivity index (χ0v) is 8.95. The Bertz CT molecular complexity index is 351. The molecule has 15 heavy (non-hydrogen) atoms. The van der Waals surface area contributed by atoms with Gasteiger partial charge in [0.15, 0.2) is 18.1 Å². The van der Waals surface area contributed by atoms with Crippen molar-refractivity contribution in [2.75, 3.05) is 13.2 Å². The first kappa shape index (κ1) is 11.7. The highest BCUT2D eigenvalue weighted by atomic mass is 35.5. The Morgan fingerprint density at radius 3 is 2.73 bits per heavy atom. The summed E-state index contributed by atoms with van der Waals surface area (Å²) >= 11 is 5.75. The van der Waals surface area contributed by atoms with Gasteiger partial charge < -0.3 is 14.6 Å². The lowest BCUT2D eigenvalue weighted by molar-refractivity contribution is -0.139. The first-order valence-electron chi connectivity index (χ1n) is 4.40. The second-order valence-electron chi connectivity index (χ2n) is 2.71. The average Bonchev–Trinajstić information content (AvgIpc) is 2.18. The van der Waals surface area contributed by atoms with Crippen molar-refractivity contribution in [3.05, 3.63) is 23.2 Å². The molecule has 4 nitrogen and oxygen atoms in total. The van der Waals surface area contributed by atoms with E-state index in [9.17, 15) is 4.79 Å². The van der Waals surface area contributed by atoms with Gasteiger partial charge >= 0.3 is 5.97 Å². The maximum Gasteiger partial charge on any atom is 0.341 e. The molecule has 0 bridgehead atoms. The fraction of sp³-hybridized carbons (Fsp3) is 0.300. The fourth-order valence-electron chi connectivity index (χ4n) is 1.01. The number of benzene rings is 1. The Morgan fingerprint density at radius 2 is 2.13 bits per heavy atom. The predicted molar refractivity (Wildman–Crippen MR) is 55.8 cm³/mol. The number of hydrogen-bond donors (Lipinski definition) is 1. The maximum atomic E-state index is 10.3. The van der Waals surface area contributed by atoms with Crippen LogP contribution in [0.5, 0.6) is 11.5 Å². The van der Waals surface area contributed by atoms with Crippen molar-refractivity contribution in [3.8, 4) is 11.5 Å². The van der Waals surface area contributed by atoms with Gasteiger partial charge in [0, 0.05) is 11.1 Å². The molecule has 5 heteroatoms. The average molecular weight is 231 g/mol. The van der Waals surface area contributed by atoms with Crippen LogP contribution < -0.4 is 9.47 Å². The van der Waals surface area contributed by atoms with Gasteiger partial charge in [0.1, 0.15) is 0 Å². The van der Waals surface area contributed by atoms with E-state index in [2.05, 4.69) is 0 Å². The van der Waals surface area contributed by atoms with Crippen molar-refractivity contribution in [2.24, 2.45) is 0 Å². The van der Waals surface area contributed by atoms with Gasteiger partial charge in [-0.25, -0.2) is 4.79 Å². The molecule has 0 fully saturated rings. The van der Waals surface area contributed by atoms with Gasteiger partial charge in [-0.05, 0) is 19.1 Å². The summed E-state index contributed by atoms with van der Waals surface area (Å²) in [6, 6.07) is 4.82. The first-order valence-corrected chi connectivity index (χ1v) is 4.78. The molecule has 0 amide bonds. The van der Waals surface area contributed by atoms with E-state index in [1.807, 2.05) is 6.92 Å². The zero-order valence-electron chi connectivity index (χ0n) is 8.20. The Labute approximate surface area is 92.4 Å². The molecular formula is C10H11ClO4. The summed E-state index contributed by atoms with van der Waals surface area (Å²) in [5.41, 5.74) is 0. The van der Waals surface area contributed by atoms with Gasteiger partial charge in [-0.2, -0.15) is 0 Å². The van der Waals surface area contributed by atoms with Crippen molar-refractivity contribution in [3.63, 3.8) is 0 Å². The lowest BCUT2D eigenvalue weighted by Crippen LogP contribution is -2.10. The monoisotopic (exact) mass is 230 g/mol. The van der Waals surface area contributed by atoms with E-state index >= 15 is 0 Å². The number of hydrogen-bond acceptors (Lipinski definition) is 3. The molecule has 0 radical (unpaired) electrons. The summed E-state index contributed by atoms with van der Waals surface area (Å²) in [7, 11) is 0. The molecule has 0 aliphatic carbocycles. The third-order valence-electron chi connectivity index (χ3n) is 1.56. The van der Waals surface area contributed by atoms with Crippen LogP contribution in [0, 0.1) is 0 Å². The number of carboxylic acids is 1. The van der Waals surface area contributed by atoms with Gasteiger partial charge in [-0.1, -0.05) is 11.6 Å². The summed E-state index contributed by atoms with van der Waals surface area (Å²) < 4.78 is 10.3. The van der Waals surface area contributed by atoms with E-state index in [-0.39, 0.29) is 0 Å². The van der Waals surface area contributed by atoms with Crippen LogP contribution in [-0.2, 0) is 4.79 Å². The van der Waals surface area contributed by atoms with E-state index < -0.39 is 12.6 Å². The minimum Gasteiger partial charge on any atom is -0.490 e. The highest BCUT2D eigenvalue weighted by molar-refractivity contribution is 6.30. The summed E-state index contributed by atoms with van der Waals surface area (Å²) in [6.07, 6.45) is 0. The van der Waals surface area contributed by atoms with Crippen molar-refractivity contribution in [1.82, 2.24) is 0 Å². The third kappa shape index (κ3) is 3.67. The van der Waals surface area contributed by atoms with E-state index in [0.29, 0.717) is 23.1 Å². The normalized spacial score (nSPS) is 9.73. The van der Waals surface area contributed by atoms with E-state index in [1.54, 1.807) is 12.1 Å². The van der Waals surface area contributed by atoms with Crippen LogP contribution >= 0.6 is 11.6 Å². The number of rotatable bonds is 5. The zero-order chi connectivity index (χ0) is 11.3. The maximum absolute atomic E-state index is 10.3. The van der Waals surface area contributed by atoms with Crippen molar-refractivity contribution in [1.29, 1.82) is 0 Å². The van der Waals surface area contributed by atoms with E-state index in [1.165, 1.54) is 6.07 Å². The van der Waals surface area contributed by atoms with Gasteiger partial charge in [-0.3, -0.25) is 0 Å². The highest BCUT2D eigenvalue weighted by Crippen LogP contribution is 2.30. The SMILES string of the molecule is CCOc1ccc(Cl)cc1OCC(=O)O. The topological polar surface area (TPSA) is 55.8 Å². The Balaban J connectivity index is 2.81. The van der Waals surface area contributed by atoms with Crippen LogP contribution in [0.4, 0.5) is 0 Å². The molecule has 0 atom stereocenters. The Kier molecular flexibility index (Phi) is 4.24. The molecule has 1 aromatic carbocycles. The molecule has 0 unspecified atom stereocenters. The Morgan fingerprint density at radius 1 is 1.40 bits per heavy atom. The molecule has 0 saturated heterocycles. The van der Waals surface area contributed by atoms with Gasteiger partial charge in [0.05, 0.1) is 6.61 Å². The van der Waals surface area contributed by atoms with Gasteiger partial charge in [0.25, 0.3) is 0 Å². The van der Waals surface area contributed by atoms with Gasteiger partial charge in [0.2, 0.25) is 0 Å². The van der Waals surface area contributed by atoms with Crippen LogP contribution in [0.1, 0.15) is 6.92 Å². The lowest BCUT2D eigenvalue weighted by Gasteiger charge is -2.10. The summed E-state index contributed by atoms with van der Waals surface area (Å²) in [5.74, 6) is -0.215. The molecule has 1 aromatic rings. The largest absolute Gasteiger partial charge is 0.490 e. The molecule has 0 saturated carbocycles. The molecule has 0 aliphatic heterocycles. The summed E-state index contributed by atoms with van der Waals surface area (Å²) in [4.78, 5) is 10.3. The minimum atomic E-state index is -1.04. The molecule has 1 rings (SSSR count). The second-order valence-corrected chi connectivity index (χ2v) is 3.14. The van der Waals surface area contributed by atoms with Crippen molar-refractivity contribution >= 4 is 17.6 Å². The standard InChI is InChI=1S/C10H11ClO4/c1-2-14-8-4-3-7(11)5-9(8)15-6-10(12)13/h3-5H,2,6H2,1H3,(H,12,13). The minimum absolute atomic E-state index is 0.340. The number of carbonyl (C=O) groups is 1.